The molecule has 0 fully saturated rings. The first-order chi connectivity index (χ1) is 9.65. The van der Waals surface area contributed by atoms with Crippen molar-refractivity contribution >= 4 is 22.4 Å². The molecule has 2 aromatic rings. The smallest absolute Gasteiger partial charge is 0.139 e. The number of hydrogen-bond donors (Lipinski definition) is 0. The Balaban J connectivity index is 1.93. The summed E-state index contributed by atoms with van der Waals surface area (Å²) < 4.78 is 31.5. The van der Waals surface area contributed by atoms with Crippen molar-refractivity contribution in [2.24, 2.45) is 0 Å². The van der Waals surface area contributed by atoms with Gasteiger partial charge < -0.3 is 4.74 Å². The van der Waals surface area contributed by atoms with E-state index in [0.717, 1.165) is 23.3 Å². The van der Waals surface area contributed by atoms with Gasteiger partial charge in [-0.1, -0.05) is 23.7 Å². The Kier molecular flexibility index (Phi) is 3.76. The fourth-order valence-electron chi connectivity index (χ4n) is 2.30. The highest BCUT2D eigenvalue weighted by Crippen LogP contribution is 2.34. The first kappa shape index (κ1) is 13.6. The second kappa shape index (κ2) is 5.54. The van der Waals surface area contributed by atoms with Gasteiger partial charge in [-0.15, -0.1) is 0 Å². The van der Waals surface area contributed by atoms with Gasteiger partial charge in [0.1, 0.15) is 11.6 Å². The Labute approximate surface area is 124 Å². The standard InChI is InChI=1S/C15H12ClFO2S/c16-12-7-10-5-6-19-15(10)11(8-12)9-20(18)14-4-2-1-3-13(14)17/h1-4,7-8H,5-6,9H2. The quantitative estimate of drug-likeness (QED) is 0.863. The Morgan fingerprint density at radius 1 is 1.30 bits per heavy atom. The van der Waals surface area contributed by atoms with Crippen LogP contribution in [0.1, 0.15) is 11.1 Å². The van der Waals surface area contributed by atoms with Crippen LogP contribution in [0.5, 0.6) is 5.75 Å². The second-order valence-electron chi connectivity index (χ2n) is 4.57. The van der Waals surface area contributed by atoms with Crippen LogP contribution in [0.4, 0.5) is 4.39 Å². The summed E-state index contributed by atoms with van der Waals surface area (Å²) in [6, 6.07) is 9.71. The first-order valence-electron chi connectivity index (χ1n) is 6.22. The molecule has 0 amide bonds. The average molecular weight is 311 g/mol. The molecule has 1 aliphatic rings. The van der Waals surface area contributed by atoms with E-state index in [9.17, 15) is 8.60 Å². The molecule has 1 aliphatic heterocycles. The van der Waals surface area contributed by atoms with Crippen molar-refractivity contribution in [1.29, 1.82) is 0 Å². The van der Waals surface area contributed by atoms with Gasteiger partial charge >= 0.3 is 0 Å². The normalized spacial score (nSPS) is 14.7. The van der Waals surface area contributed by atoms with Gasteiger partial charge in [-0.05, 0) is 29.8 Å². The predicted octanol–water partition coefficient (Wildman–Crippen LogP) is 3.72. The van der Waals surface area contributed by atoms with Crippen LogP contribution in [0.2, 0.25) is 5.02 Å². The fourth-order valence-corrected chi connectivity index (χ4v) is 3.73. The molecular weight excluding hydrogens is 299 g/mol. The Morgan fingerprint density at radius 3 is 2.90 bits per heavy atom. The summed E-state index contributed by atoms with van der Waals surface area (Å²) in [4.78, 5) is 0.208. The van der Waals surface area contributed by atoms with Gasteiger partial charge in [0.15, 0.2) is 0 Å². The fraction of sp³-hybridized carbons (Fsp3) is 0.200. The van der Waals surface area contributed by atoms with Gasteiger partial charge in [0.2, 0.25) is 0 Å². The molecule has 0 spiro atoms. The Bertz CT molecular complexity index is 688. The Hall–Kier alpha value is -1.39. The Morgan fingerprint density at radius 2 is 2.10 bits per heavy atom. The molecule has 104 valence electrons. The molecule has 1 heterocycles. The molecule has 0 saturated carbocycles. The zero-order chi connectivity index (χ0) is 14.1. The van der Waals surface area contributed by atoms with Gasteiger partial charge in [-0.3, -0.25) is 4.21 Å². The molecule has 2 aromatic carbocycles. The molecular formula is C15H12ClFO2S. The predicted molar refractivity (Wildman–Crippen MR) is 77.2 cm³/mol. The van der Waals surface area contributed by atoms with Crippen molar-refractivity contribution in [1.82, 2.24) is 0 Å². The van der Waals surface area contributed by atoms with E-state index >= 15 is 0 Å². The minimum atomic E-state index is -1.46. The number of benzene rings is 2. The lowest BCUT2D eigenvalue weighted by molar-refractivity contribution is 0.354. The average Bonchev–Trinajstić information content (AvgIpc) is 2.87. The van der Waals surface area contributed by atoms with Crippen molar-refractivity contribution in [2.75, 3.05) is 6.61 Å². The number of hydrogen-bond acceptors (Lipinski definition) is 2. The molecule has 0 saturated heterocycles. The molecule has 0 bridgehead atoms. The van der Waals surface area contributed by atoms with E-state index in [4.69, 9.17) is 16.3 Å². The third-order valence-electron chi connectivity index (χ3n) is 3.19. The summed E-state index contributed by atoms with van der Waals surface area (Å²) >= 11 is 6.06. The summed E-state index contributed by atoms with van der Waals surface area (Å²) in [6.45, 7) is 0.606. The third kappa shape index (κ3) is 2.58. The number of fused-ring (bicyclic) bond motifs is 1. The lowest BCUT2D eigenvalue weighted by atomic mass is 10.1. The van der Waals surface area contributed by atoms with E-state index in [-0.39, 0.29) is 10.6 Å². The molecule has 0 radical (unpaired) electrons. The summed E-state index contributed by atoms with van der Waals surface area (Å²) in [6.07, 6.45) is 0.801. The molecule has 20 heavy (non-hydrogen) atoms. The molecule has 5 heteroatoms. The topological polar surface area (TPSA) is 26.3 Å². The van der Waals surface area contributed by atoms with E-state index in [0.29, 0.717) is 11.6 Å². The van der Waals surface area contributed by atoms with Crippen LogP contribution >= 0.6 is 11.6 Å². The van der Waals surface area contributed by atoms with Gasteiger partial charge in [0.25, 0.3) is 0 Å². The molecule has 0 N–H and O–H groups in total. The maximum Gasteiger partial charge on any atom is 0.139 e. The molecule has 2 nitrogen and oxygen atoms in total. The summed E-state index contributed by atoms with van der Waals surface area (Å²) in [5.74, 6) is 0.494. The summed E-state index contributed by atoms with van der Waals surface area (Å²) in [7, 11) is -1.46. The minimum Gasteiger partial charge on any atom is -0.493 e. The number of halogens is 2. The highest BCUT2D eigenvalue weighted by Gasteiger charge is 2.20. The van der Waals surface area contributed by atoms with Crippen LogP contribution in [0.25, 0.3) is 0 Å². The summed E-state index contributed by atoms with van der Waals surface area (Å²) in [5, 5.41) is 0.592. The van der Waals surface area contributed by atoms with Crippen molar-refractivity contribution in [2.45, 2.75) is 17.1 Å². The number of rotatable bonds is 3. The van der Waals surface area contributed by atoms with E-state index < -0.39 is 16.6 Å². The zero-order valence-electron chi connectivity index (χ0n) is 10.6. The van der Waals surface area contributed by atoms with Crippen LogP contribution in [-0.2, 0) is 23.0 Å². The van der Waals surface area contributed by atoms with Crippen molar-refractivity contribution in [3.8, 4) is 5.75 Å². The van der Waals surface area contributed by atoms with Crippen molar-refractivity contribution < 1.29 is 13.3 Å². The van der Waals surface area contributed by atoms with E-state index in [1.165, 1.54) is 12.1 Å². The van der Waals surface area contributed by atoms with Crippen LogP contribution in [0.15, 0.2) is 41.3 Å². The molecule has 1 unspecified atom stereocenters. The second-order valence-corrected chi connectivity index (χ2v) is 6.43. The van der Waals surface area contributed by atoms with Gasteiger partial charge in [0, 0.05) is 17.0 Å². The van der Waals surface area contributed by atoms with Crippen LogP contribution in [0.3, 0.4) is 0 Å². The number of ether oxygens (including phenoxy) is 1. The van der Waals surface area contributed by atoms with E-state index in [1.54, 1.807) is 18.2 Å². The van der Waals surface area contributed by atoms with Crippen LogP contribution < -0.4 is 4.74 Å². The first-order valence-corrected chi connectivity index (χ1v) is 7.92. The maximum absolute atomic E-state index is 13.6. The molecule has 0 aliphatic carbocycles. The third-order valence-corrected chi connectivity index (χ3v) is 4.81. The lowest BCUT2D eigenvalue weighted by Crippen LogP contribution is -2.01. The van der Waals surface area contributed by atoms with E-state index in [1.807, 2.05) is 6.07 Å². The van der Waals surface area contributed by atoms with Gasteiger partial charge in [0.05, 0.1) is 28.1 Å². The highest BCUT2D eigenvalue weighted by atomic mass is 35.5. The minimum absolute atomic E-state index is 0.198. The highest BCUT2D eigenvalue weighted by molar-refractivity contribution is 7.84. The van der Waals surface area contributed by atoms with Crippen LogP contribution in [-0.4, -0.2) is 10.8 Å². The SMILES string of the molecule is O=S(Cc1cc(Cl)cc2c1OCC2)c1ccccc1F. The maximum atomic E-state index is 13.6. The molecule has 3 rings (SSSR count). The molecule has 0 aromatic heterocycles. The van der Waals surface area contributed by atoms with Gasteiger partial charge in [-0.2, -0.15) is 0 Å². The van der Waals surface area contributed by atoms with Crippen molar-refractivity contribution in [3.05, 3.63) is 58.4 Å². The summed E-state index contributed by atoms with van der Waals surface area (Å²) in [5.41, 5.74) is 1.80. The molecule has 1 atom stereocenters. The van der Waals surface area contributed by atoms with Crippen molar-refractivity contribution in [3.63, 3.8) is 0 Å². The lowest BCUT2D eigenvalue weighted by Gasteiger charge is -2.09. The van der Waals surface area contributed by atoms with Gasteiger partial charge in [-0.25, -0.2) is 4.39 Å². The monoisotopic (exact) mass is 310 g/mol. The largest absolute Gasteiger partial charge is 0.493 e. The zero-order valence-corrected chi connectivity index (χ0v) is 12.1. The van der Waals surface area contributed by atoms with Crippen LogP contribution in [0, 0.1) is 5.82 Å². The van der Waals surface area contributed by atoms with E-state index in [2.05, 4.69) is 0 Å².